The first-order chi connectivity index (χ1) is 12.1. The van der Waals surface area contributed by atoms with E-state index in [0.29, 0.717) is 17.3 Å². The van der Waals surface area contributed by atoms with Crippen molar-refractivity contribution in [3.63, 3.8) is 0 Å². The van der Waals surface area contributed by atoms with Crippen molar-refractivity contribution in [2.45, 2.75) is 25.0 Å². The standard InChI is InChI=1S/C18H18ClN3O3/c19-12-5-3-11(4-6-12)14-7-8-20-16-15(14)17(23)21-18(24)22(16)10-13-2-1-9-25-13/h1-6,9,14-16,20H,7-8,10H2,(H,21,23,24). The molecule has 1 aromatic heterocycles. The highest BCUT2D eigenvalue weighted by Crippen LogP contribution is 2.37. The first-order valence-electron chi connectivity index (χ1n) is 8.26. The minimum absolute atomic E-state index is 0.0238. The second-order valence-corrected chi connectivity index (χ2v) is 6.81. The van der Waals surface area contributed by atoms with Gasteiger partial charge < -0.3 is 9.32 Å². The molecule has 2 aliphatic heterocycles. The van der Waals surface area contributed by atoms with Crippen LogP contribution in [0.2, 0.25) is 5.02 Å². The van der Waals surface area contributed by atoms with Gasteiger partial charge in [-0.2, -0.15) is 0 Å². The number of benzene rings is 1. The molecule has 2 N–H and O–H groups in total. The summed E-state index contributed by atoms with van der Waals surface area (Å²) in [6.45, 7) is 1.04. The van der Waals surface area contributed by atoms with Gasteiger partial charge in [-0.25, -0.2) is 4.79 Å². The Morgan fingerprint density at radius 3 is 2.72 bits per heavy atom. The van der Waals surface area contributed by atoms with Crippen LogP contribution >= 0.6 is 11.6 Å². The zero-order chi connectivity index (χ0) is 17.4. The Hall–Kier alpha value is -2.31. The molecular weight excluding hydrogens is 342 g/mol. The number of rotatable bonds is 3. The maximum absolute atomic E-state index is 12.6. The fraction of sp³-hybridized carbons (Fsp3) is 0.333. The summed E-state index contributed by atoms with van der Waals surface area (Å²) in [5.74, 6) is 0.106. The Kier molecular flexibility index (Phi) is 4.23. The van der Waals surface area contributed by atoms with Crippen LogP contribution in [0.5, 0.6) is 0 Å². The van der Waals surface area contributed by atoms with Gasteiger partial charge >= 0.3 is 6.03 Å². The molecule has 0 aliphatic carbocycles. The van der Waals surface area contributed by atoms with Gasteiger partial charge in [-0.3, -0.25) is 15.4 Å². The molecule has 0 bridgehead atoms. The molecule has 2 fully saturated rings. The number of hydrogen-bond acceptors (Lipinski definition) is 4. The second-order valence-electron chi connectivity index (χ2n) is 6.37. The highest BCUT2D eigenvalue weighted by atomic mass is 35.5. The van der Waals surface area contributed by atoms with Crippen molar-refractivity contribution in [3.05, 3.63) is 59.0 Å². The maximum Gasteiger partial charge on any atom is 0.325 e. The average molecular weight is 360 g/mol. The van der Waals surface area contributed by atoms with E-state index in [1.165, 1.54) is 0 Å². The Labute approximate surface area is 150 Å². The van der Waals surface area contributed by atoms with Gasteiger partial charge in [-0.1, -0.05) is 23.7 Å². The average Bonchev–Trinajstić information content (AvgIpc) is 3.12. The molecule has 0 spiro atoms. The number of hydrogen-bond donors (Lipinski definition) is 2. The molecule has 2 aromatic rings. The summed E-state index contributed by atoms with van der Waals surface area (Å²) in [5, 5.41) is 6.49. The lowest BCUT2D eigenvalue weighted by Crippen LogP contribution is -2.67. The van der Waals surface area contributed by atoms with Crippen LogP contribution in [-0.4, -0.2) is 29.5 Å². The zero-order valence-corrected chi connectivity index (χ0v) is 14.2. The Morgan fingerprint density at radius 1 is 1.20 bits per heavy atom. The fourth-order valence-corrected chi connectivity index (χ4v) is 3.88. The lowest BCUT2D eigenvalue weighted by Gasteiger charge is -2.46. The number of nitrogens with one attached hydrogen (secondary N) is 2. The van der Waals surface area contributed by atoms with Crippen molar-refractivity contribution in [2.24, 2.45) is 5.92 Å². The Morgan fingerprint density at radius 2 is 2.00 bits per heavy atom. The number of piperidine rings is 1. The van der Waals surface area contributed by atoms with Crippen LogP contribution in [0.3, 0.4) is 0 Å². The second kappa shape index (κ2) is 6.54. The van der Waals surface area contributed by atoms with E-state index in [1.54, 1.807) is 17.2 Å². The number of carbonyl (C=O) groups excluding carboxylic acids is 2. The maximum atomic E-state index is 12.6. The third kappa shape index (κ3) is 3.03. The third-order valence-electron chi connectivity index (χ3n) is 4.92. The van der Waals surface area contributed by atoms with Crippen molar-refractivity contribution in [3.8, 4) is 0 Å². The first-order valence-corrected chi connectivity index (χ1v) is 8.64. The van der Waals surface area contributed by atoms with E-state index in [1.807, 2.05) is 30.3 Å². The lowest BCUT2D eigenvalue weighted by atomic mass is 9.77. The lowest BCUT2D eigenvalue weighted by molar-refractivity contribution is -0.131. The number of urea groups is 1. The van der Waals surface area contributed by atoms with Gasteiger partial charge in [-0.05, 0) is 42.8 Å². The van der Waals surface area contributed by atoms with Gasteiger partial charge in [-0.15, -0.1) is 0 Å². The molecule has 0 radical (unpaired) electrons. The third-order valence-corrected chi connectivity index (χ3v) is 5.17. The smallest absolute Gasteiger partial charge is 0.325 e. The summed E-state index contributed by atoms with van der Waals surface area (Å²) < 4.78 is 5.37. The number of nitrogens with zero attached hydrogens (tertiary/aromatic N) is 1. The van der Waals surface area contributed by atoms with E-state index in [4.69, 9.17) is 16.0 Å². The summed E-state index contributed by atoms with van der Waals surface area (Å²) in [5.41, 5.74) is 1.06. The van der Waals surface area contributed by atoms with Gasteiger partial charge in [0.15, 0.2) is 0 Å². The summed E-state index contributed by atoms with van der Waals surface area (Å²) >= 11 is 5.98. The zero-order valence-electron chi connectivity index (χ0n) is 13.4. The Balaban J connectivity index is 1.64. The molecule has 3 unspecified atom stereocenters. The van der Waals surface area contributed by atoms with Crippen LogP contribution in [0.1, 0.15) is 23.7 Å². The van der Waals surface area contributed by atoms with Crippen LogP contribution in [0.15, 0.2) is 47.1 Å². The molecule has 3 heterocycles. The molecule has 2 aliphatic rings. The minimum atomic E-state index is -0.396. The number of halogens is 1. The van der Waals surface area contributed by atoms with Crippen molar-refractivity contribution in [1.29, 1.82) is 0 Å². The molecule has 0 saturated carbocycles. The number of carbonyl (C=O) groups is 2. The van der Waals surface area contributed by atoms with Gasteiger partial charge in [0.1, 0.15) is 5.76 Å². The first kappa shape index (κ1) is 16.2. The quantitative estimate of drug-likeness (QED) is 0.883. The van der Waals surface area contributed by atoms with Crippen molar-refractivity contribution in [2.75, 3.05) is 6.54 Å². The van der Waals surface area contributed by atoms with Crippen molar-refractivity contribution < 1.29 is 14.0 Å². The number of furan rings is 1. The van der Waals surface area contributed by atoms with Crippen molar-refractivity contribution in [1.82, 2.24) is 15.5 Å². The van der Waals surface area contributed by atoms with E-state index < -0.39 is 6.03 Å². The molecular formula is C18H18ClN3O3. The minimum Gasteiger partial charge on any atom is -0.467 e. The highest BCUT2D eigenvalue weighted by molar-refractivity contribution is 6.30. The van der Waals surface area contributed by atoms with E-state index in [0.717, 1.165) is 18.5 Å². The van der Waals surface area contributed by atoms with Crippen LogP contribution in [0.25, 0.3) is 0 Å². The molecule has 4 rings (SSSR count). The highest BCUT2D eigenvalue weighted by Gasteiger charge is 2.47. The van der Waals surface area contributed by atoms with E-state index in [-0.39, 0.29) is 23.9 Å². The van der Waals surface area contributed by atoms with Crippen LogP contribution < -0.4 is 10.6 Å². The predicted octanol–water partition coefficient (Wildman–Crippen LogP) is 2.70. The molecule has 3 atom stereocenters. The number of fused-ring (bicyclic) bond motifs is 1. The molecule has 7 heteroatoms. The summed E-state index contributed by atoms with van der Waals surface area (Å²) in [4.78, 5) is 26.6. The van der Waals surface area contributed by atoms with E-state index in [9.17, 15) is 9.59 Å². The molecule has 1 aromatic carbocycles. The SMILES string of the molecule is O=C1NC(=O)N(Cc2ccco2)C2NCCC(c3ccc(Cl)cc3)C12. The van der Waals surface area contributed by atoms with Gasteiger partial charge in [0, 0.05) is 10.9 Å². The van der Waals surface area contributed by atoms with Gasteiger partial charge in [0.05, 0.1) is 24.9 Å². The molecule has 2 saturated heterocycles. The fourth-order valence-electron chi connectivity index (χ4n) is 3.75. The van der Waals surface area contributed by atoms with Gasteiger partial charge in [0.2, 0.25) is 5.91 Å². The summed E-state index contributed by atoms with van der Waals surface area (Å²) in [6.07, 6.45) is 2.03. The van der Waals surface area contributed by atoms with Crippen molar-refractivity contribution >= 4 is 23.5 Å². The molecule has 6 nitrogen and oxygen atoms in total. The summed E-state index contributed by atoms with van der Waals surface area (Å²) in [6, 6.07) is 10.8. The predicted molar refractivity (Wildman–Crippen MR) is 91.9 cm³/mol. The largest absolute Gasteiger partial charge is 0.467 e. The molecule has 25 heavy (non-hydrogen) atoms. The monoisotopic (exact) mass is 359 g/mol. The van der Waals surface area contributed by atoms with Gasteiger partial charge in [0.25, 0.3) is 0 Å². The van der Waals surface area contributed by atoms with Crippen LogP contribution in [0, 0.1) is 5.92 Å². The molecule has 3 amide bonds. The summed E-state index contributed by atoms with van der Waals surface area (Å²) in [7, 11) is 0. The normalized spacial score (nSPS) is 26.3. The van der Waals surface area contributed by atoms with Crippen LogP contribution in [0.4, 0.5) is 4.79 Å². The Bertz CT molecular complexity index is 775. The van der Waals surface area contributed by atoms with Crippen LogP contribution in [-0.2, 0) is 11.3 Å². The molecule has 130 valence electrons. The number of amides is 3. The topological polar surface area (TPSA) is 74.6 Å². The number of imide groups is 1. The van der Waals surface area contributed by atoms with E-state index in [2.05, 4.69) is 10.6 Å². The van der Waals surface area contributed by atoms with E-state index >= 15 is 0 Å².